The van der Waals surface area contributed by atoms with Gasteiger partial charge in [0.05, 0.1) is 10.8 Å². The number of hydrogen-bond donors (Lipinski definition) is 1. The van der Waals surface area contributed by atoms with E-state index in [0.29, 0.717) is 23.3 Å². The van der Waals surface area contributed by atoms with Crippen molar-refractivity contribution in [3.05, 3.63) is 118 Å². The van der Waals surface area contributed by atoms with Gasteiger partial charge < -0.3 is 4.74 Å². The monoisotopic (exact) mass is 562 g/mol. The Morgan fingerprint density at radius 2 is 1.51 bits per heavy atom. The maximum absolute atomic E-state index is 14.1. The average molecular weight is 563 g/mol. The van der Waals surface area contributed by atoms with E-state index < -0.39 is 16.0 Å². The fourth-order valence-corrected chi connectivity index (χ4v) is 7.99. The lowest BCUT2D eigenvalue weighted by molar-refractivity contribution is -0.140. The van der Waals surface area contributed by atoms with Gasteiger partial charge in [0.15, 0.2) is 0 Å². The lowest BCUT2D eigenvalue weighted by atomic mass is 9.58. The molecule has 0 spiro atoms. The minimum atomic E-state index is -4.42. The number of carbonyl (C=O) groups is 1. The van der Waals surface area contributed by atoms with Gasteiger partial charge in [-0.3, -0.25) is 9.35 Å². The van der Waals surface area contributed by atoms with Crippen LogP contribution in [0.1, 0.15) is 71.4 Å². The highest BCUT2D eigenvalue weighted by molar-refractivity contribution is 7.85. The predicted molar refractivity (Wildman–Crippen MR) is 160 cm³/mol. The van der Waals surface area contributed by atoms with Crippen LogP contribution >= 0.6 is 0 Å². The van der Waals surface area contributed by atoms with Gasteiger partial charge >= 0.3 is 5.97 Å². The van der Waals surface area contributed by atoms with E-state index in [2.05, 4.69) is 54.6 Å². The SMILES string of the molecule is Cc1cc(S(=O)(=O)O)c(C(C)C)cc1OC(=O)C1CC2c3cc4ccccc4cc3C1c1c2ccc2ccccc12. The van der Waals surface area contributed by atoms with Crippen LogP contribution in [0.3, 0.4) is 0 Å². The van der Waals surface area contributed by atoms with Crippen LogP contribution in [0, 0.1) is 12.8 Å². The highest BCUT2D eigenvalue weighted by Crippen LogP contribution is 2.58. The molecule has 206 valence electrons. The summed E-state index contributed by atoms with van der Waals surface area (Å²) in [5, 5.41) is 4.64. The average Bonchev–Trinajstić information content (AvgIpc) is 2.96. The first kappa shape index (κ1) is 25.9. The van der Waals surface area contributed by atoms with Crippen molar-refractivity contribution in [2.75, 3.05) is 0 Å². The topological polar surface area (TPSA) is 80.7 Å². The molecule has 6 heteroatoms. The summed E-state index contributed by atoms with van der Waals surface area (Å²) >= 11 is 0. The maximum atomic E-state index is 14.1. The number of fused-ring (bicyclic) bond motifs is 3. The Morgan fingerprint density at radius 1 is 0.854 bits per heavy atom. The molecule has 3 aliphatic rings. The molecule has 0 aromatic heterocycles. The molecule has 0 heterocycles. The second-order valence-electron chi connectivity index (χ2n) is 11.7. The van der Waals surface area contributed by atoms with Crippen molar-refractivity contribution in [3.63, 3.8) is 0 Å². The molecule has 41 heavy (non-hydrogen) atoms. The zero-order valence-electron chi connectivity index (χ0n) is 23.1. The largest absolute Gasteiger partial charge is 0.426 e. The number of rotatable bonds is 4. The molecule has 2 bridgehead atoms. The van der Waals surface area contributed by atoms with Crippen molar-refractivity contribution < 1.29 is 22.5 Å². The van der Waals surface area contributed by atoms with Crippen LogP contribution in [0.4, 0.5) is 0 Å². The van der Waals surface area contributed by atoms with Crippen molar-refractivity contribution in [3.8, 4) is 5.75 Å². The fraction of sp³-hybridized carbons (Fsp3) is 0.229. The molecule has 0 radical (unpaired) electrons. The minimum Gasteiger partial charge on any atom is -0.426 e. The first-order chi connectivity index (χ1) is 19.6. The second-order valence-corrected chi connectivity index (χ2v) is 13.1. The van der Waals surface area contributed by atoms with Gasteiger partial charge in [0.1, 0.15) is 5.75 Å². The van der Waals surface area contributed by atoms with Crippen LogP contribution in [0.25, 0.3) is 21.5 Å². The summed E-state index contributed by atoms with van der Waals surface area (Å²) in [5.41, 5.74) is 5.82. The Kier molecular flexibility index (Phi) is 5.86. The molecule has 0 saturated heterocycles. The molecular formula is C35H30O5S. The number of carbonyl (C=O) groups excluding carboxylic acids is 1. The lowest BCUT2D eigenvalue weighted by Crippen LogP contribution is -2.38. The molecule has 0 fully saturated rings. The van der Waals surface area contributed by atoms with Crippen LogP contribution in [0.5, 0.6) is 5.75 Å². The molecule has 8 rings (SSSR count). The Balaban J connectivity index is 1.37. The number of benzene rings is 5. The first-order valence-electron chi connectivity index (χ1n) is 14.0. The predicted octanol–water partition coefficient (Wildman–Crippen LogP) is 7.87. The summed E-state index contributed by atoms with van der Waals surface area (Å²) in [6.07, 6.45) is 0.638. The smallest absolute Gasteiger partial charge is 0.315 e. The van der Waals surface area contributed by atoms with E-state index in [-0.39, 0.29) is 28.6 Å². The number of aryl methyl sites for hydroxylation is 1. The summed E-state index contributed by atoms with van der Waals surface area (Å²) in [6.45, 7) is 5.38. The van der Waals surface area contributed by atoms with E-state index >= 15 is 0 Å². The zero-order valence-corrected chi connectivity index (χ0v) is 23.9. The molecule has 0 amide bonds. The summed E-state index contributed by atoms with van der Waals surface area (Å²) in [7, 11) is -4.42. The normalized spacial score (nSPS) is 19.4. The molecule has 3 unspecified atom stereocenters. The number of ether oxygens (including phenoxy) is 1. The van der Waals surface area contributed by atoms with Crippen LogP contribution in [0.2, 0.25) is 0 Å². The van der Waals surface area contributed by atoms with Crippen molar-refractivity contribution in [1.29, 1.82) is 0 Å². The molecular weight excluding hydrogens is 532 g/mol. The molecule has 0 aliphatic heterocycles. The lowest BCUT2D eigenvalue weighted by Gasteiger charge is -2.45. The summed E-state index contributed by atoms with van der Waals surface area (Å²) < 4.78 is 40.0. The van der Waals surface area contributed by atoms with E-state index in [0.717, 1.165) is 16.2 Å². The quantitative estimate of drug-likeness (QED) is 0.137. The van der Waals surface area contributed by atoms with Crippen molar-refractivity contribution in [2.45, 2.75) is 49.8 Å². The van der Waals surface area contributed by atoms with Crippen LogP contribution in [-0.4, -0.2) is 18.9 Å². The Labute approximate surface area is 239 Å². The van der Waals surface area contributed by atoms with Crippen molar-refractivity contribution in [1.82, 2.24) is 0 Å². The van der Waals surface area contributed by atoms with Crippen LogP contribution in [-0.2, 0) is 14.9 Å². The highest BCUT2D eigenvalue weighted by Gasteiger charge is 2.48. The van der Waals surface area contributed by atoms with Gasteiger partial charge in [-0.15, -0.1) is 0 Å². The van der Waals surface area contributed by atoms with Gasteiger partial charge in [-0.05, 0) is 86.3 Å². The van der Waals surface area contributed by atoms with Gasteiger partial charge in [0, 0.05) is 11.8 Å². The number of hydrogen-bond acceptors (Lipinski definition) is 4. The zero-order chi connectivity index (χ0) is 28.6. The molecule has 3 aliphatic carbocycles. The molecule has 5 aromatic carbocycles. The highest BCUT2D eigenvalue weighted by atomic mass is 32.2. The van der Waals surface area contributed by atoms with Crippen LogP contribution < -0.4 is 4.74 Å². The maximum Gasteiger partial charge on any atom is 0.315 e. The van der Waals surface area contributed by atoms with E-state index in [1.54, 1.807) is 13.0 Å². The van der Waals surface area contributed by atoms with Gasteiger partial charge in [-0.2, -0.15) is 8.42 Å². The summed E-state index contributed by atoms with van der Waals surface area (Å²) in [6, 6.07) is 28.6. The van der Waals surface area contributed by atoms with Gasteiger partial charge in [-0.25, -0.2) is 0 Å². The summed E-state index contributed by atoms with van der Waals surface area (Å²) in [5.74, 6) is -0.718. The van der Waals surface area contributed by atoms with Gasteiger partial charge in [0.2, 0.25) is 0 Å². The third kappa shape index (κ3) is 4.08. The van der Waals surface area contributed by atoms with E-state index in [1.807, 2.05) is 32.0 Å². The molecule has 0 saturated carbocycles. The standard InChI is InChI=1S/C35H30O5S/c1-19(2)26-18-31(20(3)14-32(26)41(37,38)39)40-35(36)30-17-28-25-13-12-21-8-6-7-11-24(21)33(25)34(30)29-16-23-10-5-4-9-22(23)15-27(28)29/h4-16,18-19,28,30,34H,17H2,1-3H3,(H,37,38,39). The molecule has 1 N–H and O–H groups in total. The Morgan fingerprint density at radius 3 is 2.20 bits per heavy atom. The molecule has 5 aromatic rings. The Hall–Kier alpha value is -4.00. The third-order valence-corrected chi connectivity index (χ3v) is 9.87. The molecule has 3 atom stereocenters. The van der Waals surface area contributed by atoms with Crippen molar-refractivity contribution >= 4 is 37.6 Å². The third-order valence-electron chi connectivity index (χ3n) is 8.97. The summed E-state index contributed by atoms with van der Waals surface area (Å²) in [4.78, 5) is 14.0. The first-order valence-corrected chi connectivity index (χ1v) is 15.4. The number of esters is 1. The van der Waals surface area contributed by atoms with Crippen molar-refractivity contribution in [2.24, 2.45) is 5.92 Å². The van der Waals surface area contributed by atoms with Gasteiger partial charge in [0.25, 0.3) is 10.1 Å². The Bertz CT molecular complexity index is 2010. The van der Waals surface area contributed by atoms with E-state index in [4.69, 9.17) is 4.74 Å². The minimum absolute atomic E-state index is 0.0611. The fourth-order valence-electron chi connectivity index (χ4n) is 7.07. The molecule has 5 nitrogen and oxygen atoms in total. The second kappa shape index (κ2) is 9.26. The van der Waals surface area contributed by atoms with Crippen LogP contribution in [0.15, 0.2) is 89.8 Å². The van der Waals surface area contributed by atoms with E-state index in [9.17, 15) is 17.8 Å². The van der Waals surface area contributed by atoms with Gasteiger partial charge in [-0.1, -0.05) is 86.6 Å². The van der Waals surface area contributed by atoms with E-state index in [1.165, 1.54) is 33.7 Å².